The van der Waals surface area contributed by atoms with Gasteiger partial charge in [0.25, 0.3) is 0 Å². The molecule has 0 radical (unpaired) electrons. The molecule has 20 heavy (non-hydrogen) atoms. The summed E-state index contributed by atoms with van der Waals surface area (Å²) >= 11 is 0. The minimum atomic E-state index is -4.45. The summed E-state index contributed by atoms with van der Waals surface area (Å²) in [6, 6.07) is 7.39. The van der Waals surface area contributed by atoms with E-state index >= 15 is 0 Å². The predicted molar refractivity (Wildman–Crippen MR) is 69.8 cm³/mol. The van der Waals surface area contributed by atoms with Gasteiger partial charge in [-0.1, -0.05) is 24.3 Å². The Kier molecular flexibility index (Phi) is 4.39. The summed E-state index contributed by atoms with van der Waals surface area (Å²) in [5, 5.41) is 0. The summed E-state index contributed by atoms with van der Waals surface area (Å²) in [5.74, 6) is -0.908. The summed E-state index contributed by atoms with van der Waals surface area (Å²) in [6.07, 6.45) is -3.88. The molecule has 1 aliphatic carbocycles. The number of fused-ring (bicyclic) bond motifs is 1. The van der Waals surface area contributed by atoms with Crippen molar-refractivity contribution in [3.05, 3.63) is 35.4 Å². The summed E-state index contributed by atoms with van der Waals surface area (Å²) < 4.78 is 61.9. The molecular formula is C13H16F3NO2S. The Morgan fingerprint density at radius 3 is 2.50 bits per heavy atom. The molecule has 1 aliphatic rings. The zero-order chi connectivity index (χ0) is 14.8. The minimum absolute atomic E-state index is 0.317. The number of aryl methyl sites for hydroxylation is 1. The fourth-order valence-corrected chi connectivity index (χ4v) is 3.69. The van der Waals surface area contributed by atoms with Crippen LogP contribution in [-0.4, -0.2) is 26.4 Å². The molecule has 1 N–H and O–H groups in total. The van der Waals surface area contributed by atoms with Crippen LogP contribution in [0.2, 0.25) is 0 Å². The molecular weight excluding hydrogens is 291 g/mol. The van der Waals surface area contributed by atoms with E-state index in [9.17, 15) is 21.6 Å². The fraction of sp³-hybridized carbons (Fsp3) is 0.538. The zero-order valence-electron chi connectivity index (χ0n) is 10.8. The summed E-state index contributed by atoms with van der Waals surface area (Å²) in [5.41, 5.74) is 2.24. The third-order valence-corrected chi connectivity index (χ3v) is 4.78. The summed E-state index contributed by atoms with van der Waals surface area (Å²) in [4.78, 5) is 0. The van der Waals surface area contributed by atoms with Crippen LogP contribution in [0.25, 0.3) is 0 Å². The van der Waals surface area contributed by atoms with Crippen molar-refractivity contribution in [2.75, 3.05) is 5.75 Å². The van der Waals surface area contributed by atoms with Gasteiger partial charge >= 0.3 is 6.18 Å². The van der Waals surface area contributed by atoms with Gasteiger partial charge in [-0.3, -0.25) is 0 Å². The highest BCUT2D eigenvalue weighted by Gasteiger charge is 2.31. The Hall–Kier alpha value is -1.08. The molecule has 0 amide bonds. The van der Waals surface area contributed by atoms with Crippen LogP contribution in [0.3, 0.4) is 0 Å². The number of hydrogen-bond donors (Lipinski definition) is 1. The lowest BCUT2D eigenvalue weighted by molar-refractivity contribution is -0.130. The highest BCUT2D eigenvalue weighted by atomic mass is 32.2. The highest BCUT2D eigenvalue weighted by molar-refractivity contribution is 7.89. The van der Waals surface area contributed by atoms with Crippen LogP contribution in [0.1, 0.15) is 24.0 Å². The van der Waals surface area contributed by atoms with Crippen LogP contribution in [0, 0.1) is 0 Å². The Labute approximate surface area is 116 Å². The third kappa shape index (κ3) is 4.49. The molecule has 112 valence electrons. The molecule has 0 bridgehead atoms. The second-order valence-corrected chi connectivity index (χ2v) is 6.88. The average Bonchev–Trinajstić information content (AvgIpc) is 2.35. The molecule has 0 fully saturated rings. The molecule has 1 atom stereocenters. The van der Waals surface area contributed by atoms with Crippen LogP contribution in [-0.2, 0) is 22.9 Å². The number of benzene rings is 1. The predicted octanol–water partition coefficient (Wildman–Crippen LogP) is 2.42. The Bertz CT molecular complexity index is 569. The van der Waals surface area contributed by atoms with E-state index < -0.39 is 28.4 Å². The van der Waals surface area contributed by atoms with E-state index in [1.807, 2.05) is 24.3 Å². The van der Waals surface area contributed by atoms with Crippen molar-refractivity contribution in [2.24, 2.45) is 0 Å². The lowest BCUT2D eigenvalue weighted by Crippen LogP contribution is -2.40. The van der Waals surface area contributed by atoms with Gasteiger partial charge in [-0.15, -0.1) is 0 Å². The summed E-state index contributed by atoms with van der Waals surface area (Å²) in [7, 11) is -3.89. The Morgan fingerprint density at radius 2 is 1.85 bits per heavy atom. The second kappa shape index (κ2) is 5.73. The largest absolute Gasteiger partial charge is 0.390 e. The molecule has 0 saturated carbocycles. The number of nitrogens with one attached hydrogen (secondary N) is 1. The SMILES string of the molecule is O=S(=O)(CCC(F)(F)F)N[C@@H]1CCc2ccccc2C1. The monoisotopic (exact) mass is 307 g/mol. The zero-order valence-corrected chi connectivity index (χ0v) is 11.6. The summed E-state index contributed by atoms with van der Waals surface area (Å²) in [6.45, 7) is 0. The van der Waals surface area contributed by atoms with E-state index in [2.05, 4.69) is 4.72 Å². The van der Waals surface area contributed by atoms with Gasteiger partial charge in [0.1, 0.15) is 0 Å². The molecule has 0 unspecified atom stereocenters. The van der Waals surface area contributed by atoms with Gasteiger partial charge in [0.15, 0.2) is 0 Å². The first-order valence-corrected chi connectivity index (χ1v) is 8.04. The first kappa shape index (κ1) is 15.3. The lowest BCUT2D eigenvalue weighted by atomic mass is 9.89. The third-order valence-electron chi connectivity index (χ3n) is 3.35. The van der Waals surface area contributed by atoms with Crippen LogP contribution < -0.4 is 4.72 Å². The minimum Gasteiger partial charge on any atom is -0.212 e. The highest BCUT2D eigenvalue weighted by Crippen LogP contribution is 2.23. The number of alkyl halides is 3. The first-order valence-electron chi connectivity index (χ1n) is 6.39. The van der Waals surface area contributed by atoms with Crippen molar-refractivity contribution in [3.63, 3.8) is 0 Å². The average molecular weight is 307 g/mol. The molecule has 1 aromatic carbocycles. The van der Waals surface area contributed by atoms with Gasteiger partial charge in [-0.2, -0.15) is 13.2 Å². The van der Waals surface area contributed by atoms with Gasteiger partial charge in [-0.05, 0) is 30.4 Å². The van der Waals surface area contributed by atoms with Crippen molar-refractivity contribution in [2.45, 2.75) is 37.9 Å². The smallest absolute Gasteiger partial charge is 0.212 e. The number of rotatable bonds is 4. The lowest BCUT2D eigenvalue weighted by Gasteiger charge is -2.25. The molecule has 0 heterocycles. The quantitative estimate of drug-likeness (QED) is 0.928. The van der Waals surface area contributed by atoms with Gasteiger partial charge in [0.05, 0.1) is 12.2 Å². The Morgan fingerprint density at radius 1 is 1.20 bits per heavy atom. The van der Waals surface area contributed by atoms with Crippen molar-refractivity contribution < 1.29 is 21.6 Å². The second-order valence-electron chi connectivity index (χ2n) is 5.01. The van der Waals surface area contributed by atoms with Gasteiger partial charge in [-0.25, -0.2) is 13.1 Å². The standard InChI is InChI=1S/C13H16F3NO2S/c14-13(15,16)7-8-20(18,19)17-12-6-5-10-3-1-2-4-11(10)9-12/h1-4,12,17H,5-9H2/t12-/m1/s1. The van der Waals surface area contributed by atoms with Crippen molar-refractivity contribution in [3.8, 4) is 0 Å². The molecule has 1 aromatic rings. The molecule has 0 spiro atoms. The van der Waals surface area contributed by atoms with Crippen molar-refractivity contribution in [1.82, 2.24) is 4.72 Å². The van der Waals surface area contributed by atoms with E-state index in [4.69, 9.17) is 0 Å². The van der Waals surface area contributed by atoms with Crippen LogP contribution >= 0.6 is 0 Å². The normalized spacial score (nSPS) is 19.6. The van der Waals surface area contributed by atoms with Crippen LogP contribution in [0.5, 0.6) is 0 Å². The van der Waals surface area contributed by atoms with Crippen LogP contribution in [0.15, 0.2) is 24.3 Å². The Balaban J connectivity index is 1.95. The van der Waals surface area contributed by atoms with E-state index in [1.54, 1.807) is 0 Å². The van der Waals surface area contributed by atoms with Gasteiger partial charge < -0.3 is 0 Å². The van der Waals surface area contributed by atoms with Crippen molar-refractivity contribution in [1.29, 1.82) is 0 Å². The van der Waals surface area contributed by atoms with E-state index in [1.165, 1.54) is 5.56 Å². The maximum Gasteiger partial charge on any atom is 0.390 e. The first-order chi connectivity index (χ1) is 9.25. The van der Waals surface area contributed by atoms with Crippen LogP contribution in [0.4, 0.5) is 13.2 Å². The molecule has 3 nitrogen and oxygen atoms in total. The van der Waals surface area contributed by atoms with E-state index in [-0.39, 0.29) is 6.04 Å². The maximum atomic E-state index is 12.1. The molecule has 7 heteroatoms. The van der Waals surface area contributed by atoms with E-state index in [0.717, 1.165) is 12.0 Å². The maximum absolute atomic E-state index is 12.1. The molecule has 0 saturated heterocycles. The topological polar surface area (TPSA) is 46.2 Å². The van der Waals surface area contributed by atoms with Gasteiger partial charge in [0.2, 0.25) is 10.0 Å². The number of sulfonamides is 1. The molecule has 2 rings (SSSR count). The molecule has 0 aliphatic heterocycles. The van der Waals surface area contributed by atoms with Crippen molar-refractivity contribution >= 4 is 10.0 Å². The number of hydrogen-bond acceptors (Lipinski definition) is 2. The van der Waals surface area contributed by atoms with E-state index in [0.29, 0.717) is 12.8 Å². The fourth-order valence-electron chi connectivity index (χ4n) is 2.36. The van der Waals surface area contributed by atoms with Gasteiger partial charge in [0, 0.05) is 6.04 Å². The molecule has 0 aromatic heterocycles. The number of halogens is 3.